The van der Waals surface area contributed by atoms with E-state index < -0.39 is 39.2 Å². The highest BCUT2D eigenvalue weighted by Crippen LogP contribution is 2.37. The molecule has 0 aliphatic carbocycles. The van der Waals surface area contributed by atoms with Crippen LogP contribution < -0.4 is 14.5 Å². The average molecular weight is 590 g/mol. The number of anilines is 1. The predicted molar refractivity (Wildman–Crippen MR) is 149 cm³/mol. The molecule has 0 bridgehead atoms. The largest absolute Gasteiger partial charge is 0.489 e. The maximum atomic E-state index is 13.2. The maximum Gasteiger partial charge on any atom is 0.417 e. The Kier molecular flexibility index (Phi) is 8.65. The second kappa shape index (κ2) is 12.0. The van der Waals surface area contributed by atoms with Crippen LogP contribution in [0.5, 0.6) is 5.75 Å². The number of fused-ring (bicyclic) bond motifs is 1. The number of nitrogens with one attached hydrogen (secondary N) is 1. The van der Waals surface area contributed by atoms with Gasteiger partial charge in [0, 0.05) is 0 Å². The highest BCUT2D eigenvalue weighted by atomic mass is 35.5. The number of ether oxygens (including phenoxy) is 1. The third kappa shape index (κ3) is 7.51. The van der Waals surface area contributed by atoms with Gasteiger partial charge in [0.25, 0.3) is 5.91 Å². The summed E-state index contributed by atoms with van der Waals surface area (Å²) in [7, 11) is -4.11. The number of amides is 1. The molecule has 12 heteroatoms. The highest BCUT2D eigenvalue weighted by Gasteiger charge is 2.34. The van der Waals surface area contributed by atoms with Gasteiger partial charge in [-0.2, -0.15) is 18.3 Å². The lowest BCUT2D eigenvalue weighted by molar-refractivity contribution is -0.137. The van der Waals surface area contributed by atoms with Gasteiger partial charge in [0.2, 0.25) is 10.0 Å². The number of alkyl halides is 3. The molecule has 4 rings (SSSR count). The molecule has 4 aromatic carbocycles. The number of hydrazone groups is 1. The molecule has 40 heavy (non-hydrogen) atoms. The van der Waals surface area contributed by atoms with E-state index in [1.165, 1.54) is 6.21 Å². The van der Waals surface area contributed by atoms with Crippen molar-refractivity contribution in [3.05, 3.63) is 107 Å². The van der Waals surface area contributed by atoms with E-state index in [0.29, 0.717) is 28.3 Å². The molecular weight excluding hydrogens is 567 g/mol. The first-order valence-electron chi connectivity index (χ1n) is 11.8. The quantitative estimate of drug-likeness (QED) is 0.191. The zero-order valence-corrected chi connectivity index (χ0v) is 22.6. The van der Waals surface area contributed by atoms with Crippen LogP contribution >= 0.6 is 11.6 Å². The van der Waals surface area contributed by atoms with Crippen molar-refractivity contribution >= 4 is 50.2 Å². The van der Waals surface area contributed by atoms with Gasteiger partial charge in [0.05, 0.1) is 28.7 Å². The molecule has 208 valence electrons. The smallest absolute Gasteiger partial charge is 0.417 e. The topological polar surface area (TPSA) is 88.1 Å². The summed E-state index contributed by atoms with van der Waals surface area (Å²) in [4.78, 5) is 12.4. The van der Waals surface area contributed by atoms with Gasteiger partial charge in [-0.25, -0.2) is 13.8 Å². The maximum absolute atomic E-state index is 13.2. The zero-order valence-electron chi connectivity index (χ0n) is 21.0. The van der Waals surface area contributed by atoms with E-state index in [-0.39, 0.29) is 5.69 Å². The molecule has 0 unspecified atom stereocenters. The molecule has 0 aliphatic heterocycles. The molecule has 7 nitrogen and oxygen atoms in total. The molecule has 0 radical (unpaired) electrons. The summed E-state index contributed by atoms with van der Waals surface area (Å²) in [6.07, 6.45) is -2.70. The van der Waals surface area contributed by atoms with Gasteiger partial charge < -0.3 is 4.74 Å². The summed E-state index contributed by atoms with van der Waals surface area (Å²) in [5, 5.41) is 5.48. The van der Waals surface area contributed by atoms with E-state index in [1.807, 2.05) is 36.4 Å². The number of halogens is 4. The number of nitrogens with zero attached hydrogens (tertiary/aromatic N) is 2. The first kappa shape index (κ1) is 28.9. The average Bonchev–Trinajstić information content (AvgIpc) is 2.90. The van der Waals surface area contributed by atoms with Gasteiger partial charge in [-0.3, -0.25) is 9.10 Å². The van der Waals surface area contributed by atoms with Gasteiger partial charge in [0.15, 0.2) is 0 Å². The summed E-state index contributed by atoms with van der Waals surface area (Å²) >= 11 is 5.61. The van der Waals surface area contributed by atoms with E-state index in [4.69, 9.17) is 16.3 Å². The fraction of sp³-hybridized carbons (Fsp3) is 0.143. The van der Waals surface area contributed by atoms with Crippen molar-refractivity contribution < 1.29 is 31.1 Å². The van der Waals surface area contributed by atoms with Crippen LogP contribution in [-0.4, -0.2) is 33.3 Å². The van der Waals surface area contributed by atoms with Crippen LogP contribution in [0.25, 0.3) is 10.8 Å². The van der Waals surface area contributed by atoms with Crippen LogP contribution in [0.2, 0.25) is 5.02 Å². The number of rotatable bonds is 9. The molecule has 0 heterocycles. The van der Waals surface area contributed by atoms with Gasteiger partial charge >= 0.3 is 6.18 Å². The van der Waals surface area contributed by atoms with E-state index in [2.05, 4.69) is 16.6 Å². The van der Waals surface area contributed by atoms with Crippen molar-refractivity contribution in [3.8, 4) is 5.75 Å². The lowest BCUT2D eigenvalue weighted by Crippen LogP contribution is -2.39. The fourth-order valence-electron chi connectivity index (χ4n) is 3.78. The molecule has 0 spiro atoms. The minimum atomic E-state index is -4.81. The minimum absolute atomic E-state index is 0.363. The van der Waals surface area contributed by atoms with Crippen LogP contribution in [-0.2, 0) is 27.6 Å². The summed E-state index contributed by atoms with van der Waals surface area (Å²) in [6.45, 7) is -0.417. The molecule has 4 aromatic rings. The first-order valence-corrected chi connectivity index (χ1v) is 14.0. The summed E-state index contributed by atoms with van der Waals surface area (Å²) in [5.41, 5.74) is 2.23. The Morgan fingerprint density at radius 2 is 1.70 bits per heavy atom. The van der Waals surface area contributed by atoms with Gasteiger partial charge in [-0.15, -0.1) is 0 Å². The van der Waals surface area contributed by atoms with Crippen molar-refractivity contribution in [3.63, 3.8) is 0 Å². The lowest BCUT2D eigenvalue weighted by Gasteiger charge is -2.22. The molecule has 0 saturated heterocycles. The lowest BCUT2D eigenvalue weighted by atomic mass is 10.1. The summed E-state index contributed by atoms with van der Waals surface area (Å²) in [6, 6.07) is 23.6. The number of carbonyl (C=O) groups excluding carboxylic acids is 1. The van der Waals surface area contributed by atoms with Crippen molar-refractivity contribution in [2.75, 3.05) is 17.1 Å². The number of carbonyl (C=O) groups is 1. The molecule has 0 saturated carbocycles. The third-order valence-corrected chi connectivity index (χ3v) is 7.20. The van der Waals surface area contributed by atoms with E-state index in [1.54, 1.807) is 24.3 Å². The Morgan fingerprint density at radius 1 is 1.00 bits per heavy atom. The van der Waals surface area contributed by atoms with Gasteiger partial charge in [-0.05, 0) is 70.4 Å². The predicted octanol–water partition coefficient (Wildman–Crippen LogP) is 6.01. The molecule has 0 atom stereocenters. The highest BCUT2D eigenvalue weighted by molar-refractivity contribution is 7.92. The summed E-state index contributed by atoms with van der Waals surface area (Å²) in [5.74, 6) is -0.236. The SMILES string of the molecule is CS(=O)(=O)N(CC(=O)N/N=C\c1ccc(OCc2ccc3ccccc3c2)cc1)c1ccc(Cl)c(C(F)(F)F)c1. The minimum Gasteiger partial charge on any atom is -0.489 e. The molecule has 0 aromatic heterocycles. The molecule has 1 N–H and O–H groups in total. The normalized spacial score (nSPS) is 12.0. The van der Waals surface area contributed by atoms with Crippen molar-refractivity contribution in [2.24, 2.45) is 5.10 Å². The molecule has 1 amide bonds. The van der Waals surface area contributed by atoms with Crippen LogP contribution in [0.4, 0.5) is 18.9 Å². The Labute approximate surface area is 233 Å². The fourth-order valence-corrected chi connectivity index (χ4v) is 4.85. The Morgan fingerprint density at radius 3 is 2.38 bits per heavy atom. The Hall–Kier alpha value is -4.09. The molecule has 0 fully saturated rings. The van der Waals surface area contributed by atoms with Crippen LogP contribution in [0, 0.1) is 0 Å². The van der Waals surface area contributed by atoms with E-state index in [9.17, 15) is 26.4 Å². The Balaban J connectivity index is 1.35. The van der Waals surface area contributed by atoms with Crippen LogP contribution in [0.3, 0.4) is 0 Å². The van der Waals surface area contributed by atoms with Crippen molar-refractivity contribution in [1.82, 2.24) is 5.43 Å². The third-order valence-electron chi connectivity index (χ3n) is 5.73. The van der Waals surface area contributed by atoms with Crippen LogP contribution in [0.1, 0.15) is 16.7 Å². The number of sulfonamides is 1. The van der Waals surface area contributed by atoms with E-state index >= 15 is 0 Å². The Bertz CT molecular complexity index is 1660. The van der Waals surface area contributed by atoms with Crippen molar-refractivity contribution in [2.45, 2.75) is 12.8 Å². The standard InChI is InChI=1S/C28H23ClF3N3O4S/c1-40(37,38)35(23-10-13-26(29)25(15-23)28(30,31)32)17-27(36)34-33-16-19-7-11-24(12-8-19)39-18-20-6-9-21-4-2-3-5-22(21)14-20/h2-16H,17-18H2,1H3,(H,34,36)/b33-16-. The van der Waals surface area contributed by atoms with Gasteiger partial charge in [0.1, 0.15) is 18.9 Å². The second-order valence-corrected chi connectivity index (χ2v) is 11.1. The van der Waals surface area contributed by atoms with Gasteiger partial charge in [-0.1, -0.05) is 48.0 Å². The molecule has 0 aliphatic rings. The second-order valence-electron chi connectivity index (χ2n) is 8.76. The number of benzene rings is 4. The number of hydrogen-bond acceptors (Lipinski definition) is 5. The van der Waals surface area contributed by atoms with Crippen LogP contribution in [0.15, 0.2) is 90.0 Å². The van der Waals surface area contributed by atoms with Crippen molar-refractivity contribution in [1.29, 1.82) is 0 Å². The monoisotopic (exact) mass is 589 g/mol. The molecular formula is C28H23ClF3N3O4S. The van der Waals surface area contributed by atoms with E-state index in [0.717, 1.165) is 34.7 Å². The summed E-state index contributed by atoms with van der Waals surface area (Å²) < 4.78 is 70.5. The number of hydrogen-bond donors (Lipinski definition) is 1. The zero-order chi connectivity index (χ0) is 28.9. The first-order chi connectivity index (χ1) is 18.9.